The molecule has 0 fully saturated rings. The summed E-state index contributed by atoms with van der Waals surface area (Å²) in [6.07, 6.45) is 1.63. The molecule has 0 radical (unpaired) electrons. The van der Waals surface area contributed by atoms with Crippen molar-refractivity contribution >= 4 is 5.97 Å². The number of methoxy groups -OCH3 is 2. The molecule has 0 aliphatic heterocycles. The molecule has 0 unspecified atom stereocenters. The predicted molar refractivity (Wildman–Crippen MR) is 81.1 cm³/mol. The Balaban J connectivity index is 3.06. The van der Waals surface area contributed by atoms with Gasteiger partial charge < -0.3 is 20.3 Å². The molecule has 1 aromatic rings. The van der Waals surface area contributed by atoms with Crippen LogP contribution in [0.5, 0.6) is 5.75 Å². The van der Waals surface area contributed by atoms with Crippen LogP contribution in [-0.4, -0.2) is 31.3 Å². The summed E-state index contributed by atoms with van der Waals surface area (Å²) in [4.78, 5) is 11.4. The van der Waals surface area contributed by atoms with E-state index >= 15 is 0 Å². The van der Waals surface area contributed by atoms with E-state index < -0.39 is 18.1 Å². The monoisotopic (exact) mass is 293 g/mol. The van der Waals surface area contributed by atoms with Gasteiger partial charge in [0.2, 0.25) is 0 Å². The van der Waals surface area contributed by atoms with Gasteiger partial charge in [-0.1, -0.05) is 17.7 Å². The fraction of sp³-hybridized carbons (Fsp3) is 0.438. The number of rotatable bonds is 6. The van der Waals surface area contributed by atoms with Crippen LogP contribution in [0.4, 0.5) is 0 Å². The molecule has 2 atom stereocenters. The van der Waals surface area contributed by atoms with Gasteiger partial charge in [0.05, 0.1) is 14.2 Å². The Labute approximate surface area is 125 Å². The second kappa shape index (κ2) is 7.81. The van der Waals surface area contributed by atoms with Crippen molar-refractivity contribution in [1.29, 1.82) is 0 Å². The Morgan fingerprint density at radius 1 is 1.38 bits per heavy atom. The van der Waals surface area contributed by atoms with Gasteiger partial charge in [-0.05, 0) is 43.5 Å². The average Bonchev–Trinajstić information content (AvgIpc) is 2.50. The van der Waals surface area contributed by atoms with Crippen molar-refractivity contribution in [3.63, 3.8) is 0 Å². The molecule has 5 nitrogen and oxygen atoms in total. The summed E-state index contributed by atoms with van der Waals surface area (Å²) in [5.74, 6) is 0.0826. The zero-order valence-electron chi connectivity index (χ0n) is 12.9. The SMILES string of the molecule is COC(=O)[C@@H](N)[C@H](O)c1ccc(OC)c(CC=C(C)C)c1. The molecule has 0 aliphatic rings. The van der Waals surface area contributed by atoms with E-state index in [9.17, 15) is 9.90 Å². The minimum absolute atomic E-state index is 0.561. The van der Waals surface area contributed by atoms with Gasteiger partial charge in [0.25, 0.3) is 0 Å². The molecular weight excluding hydrogens is 270 g/mol. The Morgan fingerprint density at radius 3 is 2.57 bits per heavy atom. The highest BCUT2D eigenvalue weighted by Crippen LogP contribution is 2.25. The Bertz CT molecular complexity index is 521. The van der Waals surface area contributed by atoms with Gasteiger partial charge >= 0.3 is 5.97 Å². The Morgan fingerprint density at radius 2 is 2.05 bits per heavy atom. The highest BCUT2D eigenvalue weighted by atomic mass is 16.5. The first-order valence-corrected chi connectivity index (χ1v) is 6.72. The van der Waals surface area contributed by atoms with E-state index in [4.69, 9.17) is 10.5 Å². The first-order chi connectivity index (χ1) is 9.90. The third kappa shape index (κ3) is 4.58. The maximum Gasteiger partial charge on any atom is 0.325 e. The van der Waals surface area contributed by atoms with Crippen molar-refractivity contribution in [3.8, 4) is 5.75 Å². The number of nitrogens with two attached hydrogens (primary N) is 1. The van der Waals surface area contributed by atoms with Gasteiger partial charge in [-0.2, -0.15) is 0 Å². The summed E-state index contributed by atoms with van der Waals surface area (Å²) >= 11 is 0. The van der Waals surface area contributed by atoms with Crippen LogP contribution in [0, 0.1) is 0 Å². The topological polar surface area (TPSA) is 81.8 Å². The van der Waals surface area contributed by atoms with Gasteiger partial charge in [-0.15, -0.1) is 0 Å². The number of aliphatic hydroxyl groups excluding tert-OH is 1. The van der Waals surface area contributed by atoms with Crippen molar-refractivity contribution in [2.24, 2.45) is 5.73 Å². The maximum atomic E-state index is 11.4. The highest BCUT2D eigenvalue weighted by Gasteiger charge is 2.25. The molecular formula is C16H23NO4. The average molecular weight is 293 g/mol. The van der Waals surface area contributed by atoms with Crippen LogP contribution in [0.1, 0.15) is 31.1 Å². The number of carbonyl (C=O) groups excluding carboxylic acids is 1. The third-order valence-corrected chi connectivity index (χ3v) is 3.19. The molecule has 5 heteroatoms. The van der Waals surface area contributed by atoms with E-state index in [0.29, 0.717) is 12.0 Å². The molecule has 0 heterocycles. The lowest BCUT2D eigenvalue weighted by Crippen LogP contribution is -2.37. The van der Waals surface area contributed by atoms with Crippen molar-refractivity contribution in [1.82, 2.24) is 0 Å². The van der Waals surface area contributed by atoms with Gasteiger partial charge in [0, 0.05) is 0 Å². The van der Waals surface area contributed by atoms with Crippen molar-refractivity contribution in [3.05, 3.63) is 41.0 Å². The summed E-state index contributed by atoms with van der Waals surface area (Å²) in [5.41, 5.74) is 8.35. The molecule has 3 N–H and O–H groups in total. The van der Waals surface area contributed by atoms with Crippen molar-refractivity contribution in [2.45, 2.75) is 32.4 Å². The van der Waals surface area contributed by atoms with Gasteiger partial charge in [0.1, 0.15) is 17.9 Å². The lowest BCUT2D eigenvalue weighted by Gasteiger charge is -2.18. The quantitative estimate of drug-likeness (QED) is 0.616. The summed E-state index contributed by atoms with van der Waals surface area (Å²) < 4.78 is 9.86. The molecule has 1 rings (SSSR count). The van der Waals surface area contributed by atoms with Crippen LogP contribution in [-0.2, 0) is 16.0 Å². The molecule has 21 heavy (non-hydrogen) atoms. The lowest BCUT2D eigenvalue weighted by molar-refractivity contribution is -0.145. The van der Waals surface area contributed by atoms with Crippen LogP contribution in [0.3, 0.4) is 0 Å². The minimum Gasteiger partial charge on any atom is -0.496 e. The zero-order valence-corrected chi connectivity index (χ0v) is 12.9. The largest absolute Gasteiger partial charge is 0.496 e. The first-order valence-electron chi connectivity index (χ1n) is 6.72. The number of hydrogen-bond acceptors (Lipinski definition) is 5. The van der Waals surface area contributed by atoms with Crippen LogP contribution in [0.15, 0.2) is 29.8 Å². The third-order valence-electron chi connectivity index (χ3n) is 3.19. The summed E-state index contributed by atoms with van der Waals surface area (Å²) in [5, 5.41) is 10.2. The fourth-order valence-electron chi connectivity index (χ4n) is 1.93. The number of hydrogen-bond donors (Lipinski definition) is 2. The normalized spacial score (nSPS) is 13.2. The van der Waals surface area contributed by atoms with Crippen LogP contribution in [0.25, 0.3) is 0 Å². The molecule has 0 amide bonds. The van der Waals surface area contributed by atoms with E-state index in [-0.39, 0.29) is 0 Å². The first kappa shape index (κ1) is 17.2. The molecule has 0 saturated heterocycles. The molecule has 0 spiro atoms. The number of aliphatic hydroxyl groups is 1. The number of carbonyl (C=O) groups is 1. The summed E-state index contributed by atoms with van der Waals surface area (Å²) in [6.45, 7) is 4.02. The van der Waals surface area contributed by atoms with E-state index in [1.807, 2.05) is 13.8 Å². The van der Waals surface area contributed by atoms with Crippen molar-refractivity contribution in [2.75, 3.05) is 14.2 Å². The smallest absolute Gasteiger partial charge is 0.325 e. The molecule has 0 aromatic heterocycles. The van der Waals surface area contributed by atoms with E-state index in [1.165, 1.54) is 12.7 Å². The number of allylic oxidation sites excluding steroid dienone is 2. The van der Waals surface area contributed by atoms with E-state index in [2.05, 4.69) is 10.8 Å². The number of esters is 1. The van der Waals surface area contributed by atoms with Crippen LogP contribution >= 0.6 is 0 Å². The van der Waals surface area contributed by atoms with Crippen LogP contribution < -0.4 is 10.5 Å². The highest BCUT2D eigenvalue weighted by molar-refractivity contribution is 5.76. The summed E-state index contributed by atoms with van der Waals surface area (Å²) in [7, 11) is 2.83. The second-order valence-electron chi connectivity index (χ2n) is 5.05. The lowest BCUT2D eigenvalue weighted by atomic mass is 9.98. The zero-order chi connectivity index (χ0) is 16.0. The Kier molecular flexibility index (Phi) is 6.39. The van der Waals surface area contributed by atoms with Gasteiger partial charge in [0.15, 0.2) is 0 Å². The molecule has 116 valence electrons. The minimum atomic E-state index is -1.12. The van der Waals surface area contributed by atoms with Gasteiger partial charge in [-0.25, -0.2) is 0 Å². The fourth-order valence-corrected chi connectivity index (χ4v) is 1.93. The summed E-state index contributed by atoms with van der Waals surface area (Å²) in [6, 6.07) is 4.14. The molecule has 1 aromatic carbocycles. The number of benzene rings is 1. The number of ether oxygens (including phenoxy) is 2. The maximum absolute atomic E-state index is 11.4. The van der Waals surface area contributed by atoms with Gasteiger partial charge in [-0.3, -0.25) is 4.79 Å². The molecule has 0 saturated carbocycles. The van der Waals surface area contributed by atoms with E-state index in [1.54, 1.807) is 25.3 Å². The predicted octanol–water partition coefficient (Wildman–Crippen LogP) is 1.74. The van der Waals surface area contributed by atoms with Crippen LogP contribution in [0.2, 0.25) is 0 Å². The molecule has 0 aliphatic carbocycles. The Hall–Kier alpha value is -1.85. The standard InChI is InChI=1S/C16H23NO4/c1-10(2)5-6-11-9-12(7-8-13(11)20-3)15(18)14(17)16(19)21-4/h5,7-9,14-15,18H,6,17H2,1-4H3/t14-,15+/m0/s1. The van der Waals surface area contributed by atoms with Crippen molar-refractivity contribution < 1.29 is 19.4 Å². The molecule has 0 bridgehead atoms. The van der Waals surface area contributed by atoms with E-state index in [0.717, 1.165) is 11.3 Å². The second-order valence-corrected chi connectivity index (χ2v) is 5.05.